The van der Waals surface area contributed by atoms with Crippen molar-refractivity contribution >= 4 is 34.8 Å². The van der Waals surface area contributed by atoms with Crippen LogP contribution in [0.2, 0.25) is 0 Å². The molecule has 2 aromatic carbocycles. The predicted molar refractivity (Wildman–Crippen MR) is 125 cm³/mol. The van der Waals surface area contributed by atoms with Crippen molar-refractivity contribution in [2.75, 3.05) is 11.9 Å². The lowest BCUT2D eigenvalue weighted by atomic mass is 9.94. The number of carbonyl (C=O) groups is 1. The molecule has 0 spiro atoms. The van der Waals surface area contributed by atoms with E-state index in [9.17, 15) is 14.4 Å². The molecule has 0 radical (unpaired) electrons. The van der Waals surface area contributed by atoms with E-state index in [4.69, 9.17) is 0 Å². The van der Waals surface area contributed by atoms with Gasteiger partial charge in [0.15, 0.2) is 11.2 Å². The summed E-state index contributed by atoms with van der Waals surface area (Å²) in [6.07, 6.45) is 6.80. The minimum absolute atomic E-state index is 0.263. The number of hydrogen-bond donors (Lipinski definition) is 1. The van der Waals surface area contributed by atoms with Gasteiger partial charge in [-0.15, -0.1) is 11.3 Å². The van der Waals surface area contributed by atoms with Crippen LogP contribution in [-0.4, -0.2) is 34.6 Å². The van der Waals surface area contributed by atoms with Crippen LogP contribution in [0, 0.1) is 40.9 Å². The number of aliphatic imine (C=N–C) groups is 1. The number of fused-ring (bicyclic) bond motifs is 1. The second-order valence-electron chi connectivity index (χ2n) is 8.84. The summed E-state index contributed by atoms with van der Waals surface area (Å²) in [6.45, 7) is 0.784. The molecule has 1 saturated heterocycles. The molecule has 1 amide bonds. The van der Waals surface area contributed by atoms with Crippen molar-refractivity contribution in [1.82, 2.24) is 9.88 Å². The molecule has 1 aliphatic heterocycles. The van der Waals surface area contributed by atoms with Crippen LogP contribution < -0.4 is 5.32 Å². The van der Waals surface area contributed by atoms with Crippen molar-refractivity contribution in [3.8, 4) is 16.6 Å². The number of thiazole rings is 1. The molecule has 6 rings (SSSR count). The van der Waals surface area contributed by atoms with Gasteiger partial charge in [-0.2, -0.15) is 5.26 Å². The summed E-state index contributed by atoms with van der Waals surface area (Å²) in [5, 5.41) is 12.9. The van der Waals surface area contributed by atoms with Crippen LogP contribution in [0.5, 0.6) is 0 Å². The summed E-state index contributed by atoms with van der Waals surface area (Å²) in [7, 11) is 0. The van der Waals surface area contributed by atoms with Crippen LogP contribution in [0.3, 0.4) is 0 Å². The van der Waals surface area contributed by atoms with Crippen LogP contribution in [-0.2, 0) is 0 Å². The average Bonchev–Trinajstić information content (AvgIpc) is 3.14. The van der Waals surface area contributed by atoms with E-state index in [0.717, 1.165) is 34.8 Å². The smallest absolute Gasteiger partial charge is 0.305 e. The van der Waals surface area contributed by atoms with Crippen molar-refractivity contribution in [3.63, 3.8) is 0 Å². The monoisotopic (exact) mass is 457 g/mol. The van der Waals surface area contributed by atoms with Crippen LogP contribution in [0.1, 0.15) is 16.2 Å². The molecule has 5 atom stereocenters. The summed E-state index contributed by atoms with van der Waals surface area (Å²) < 4.78 is 13.2. The van der Waals surface area contributed by atoms with Gasteiger partial charge >= 0.3 is 5.91 Å². The van der Waals surface area contributed by atoms with Gasteiger partial charge in [0.05, 0.1) is 4.88 Å². The number of nitriles is 1. The highest BCUT2D eigenvalue weighted by Crippen LogP contribution is 2.64. The lowest BCUT2D eigenvalue weighted by molar-refractivity contribution is 0.100. The second-order valence-corrected chi connectivity index (χ2v) is 9.87. The molecule has 33 heavy (non-hydrogen) atoms. The highest BCUT2D eigenvalue weighted by molar-refractivity contribution is 7.17. The standard InChI is InChI=1S/C25H20FN5OS/c26-15-5-7-16(8-6-15)30-20-4-2-1-3-17(20)21-11-29-25(33-21)24(32)28-10-14-9-18-22-19(14)12-31(13-27)23(18)22/h1-8,10-11,14,18-19,22-23,30H,9,12H2. The summed E-state index contributed by atoms with van der Waals surface area (Å²) in [6, 6.07) is 14.3. The van der Waals surface area contributed by atoms with Crippen molar-refractivity contribution in [3.05, 3.63) is 65.6 Å². The fourth-order valence-electron chi connectivity index (χ4n) is 5.56. The Labute approximate surface area is 194 Å². The third-order valence-electron chi connectivity index (χ3n) is 7.06. The number of para-hydroxylation sites is 1. The van der Waals surface area contributed by atoms with E-state index >= 15 is 0 Å². The normalized spacial score (nSPS) is 26.9. The van der Waals surface area contributed by atoms with Gasteiger partial charge in [-0.3, -0.25) is 4.79 Å². The molecule has 3 aliphatic rings. The molecule has 3 fully saturated rings. The molecule has 0 bridgehead atoms. The third-order valence-corrected chi connectivity index (χ3v) is 8.08. The van der Waals surface area contributed by atoms with Gasteiger partial charge in [-0.25, -0.2) is 14.4 Å². The van der Waals surface area contributed by atoms with Gasteiger partial charge in [0, 0.05) is 41.9 Å². The van der Waals surface area contributed by atoms with Gasteiger partial charge in [0.25, 0.3) is 0 Å². The fraction of sp³-hybridized carbons (Fsp3) is 0.280. The Morgan fingerprint density at radius 1 is 1.24 bits per heavy atom. The van der Waals surface area contributed by atoms with E-state index in [1.807, 2.05) is 29.2 Å². The van der Waals surface area contributed by atoms with E-state index in [1.165, 1.54) is 23.5 Å². The first kappa shape index (κ1) is 20.1. The zero-order valence-corrected chi connectivity index (χ0v) is 18.4. The van der Waals surface area contributed by atoms with Crippen LogP contribution >= 0.6 is 11.3 Å². The highest BCUT2D eigenvalue weighted by atomic mass is 32.1. The van der Waals surface area contributed by atoms with Gasteiger partial charge in [0.2, 0.25) is 0 Å². The Kier molecular flexibility index (Phi) is 4.73. The quantitative estimate of drug-likeness (QED) is 0.433. The topological polar surface area (TPSA) is 81.4 Å². The maximum Gasteiger partial charge on any atom is 0.305 e. The number of anilines is 2. The molecular formula is C25H20FN5OS. The van der Waals surface area contributed by atoms with Crippen molar-refractivity contribution < 1.29 is 9.18 Å². The van der Waals surface area contributed by atoms with Crippen LogP contribution in [0.15, 0.2) is 59.7 Å². The van der Waals surface area contributed by atoms with E-state index in [-0.39, 0.29) is 17.6 Å². The van der Waals surface area contributed by atoms with E-state index < -0.39 is 0 Å². The number of halogens is 1. The Morgan fingerprint density at radius 3 is 2.85 bits per heavy atom. The van der Waals surface area contributed by atoms with Gasteiger partial charge in [0.1, 0.15) is 5.82 Å². The van der Waals surface area contributed by atoms with Gasteiger partial charge < -0.3 is 10.2 Å². The van der Waals surface area contributed by atoms with Gasteiger partial charge in [-0.1, -0.05) is 18.2 Å². The number of rotatable bonds is 5. The Bertz CT molecular complexity index is 1300. The molecule has 6 nitrogen and oxygen atoms in total. The largest absolute Gasteiger partial charge is 0.355 e. The first-order valence-electron chi connectivity index (χ1n) is 10.9. The number of aromatic nitrogens is 1. The Balaban J connectivity index is 1.17. The lowest BCUT2D eigenvalue weighted by Gasteiger charge is -2.13. The molecule has 2 aliphatic carbocycles. The third kappa shape index (κ3) is 3.49. The number of amides is 1. The van der Waals surface area contributed by atoms with Crippen molar-refractivity contribution in [2.24, 2.45) is 28.7 Å². The molecule has 1 aromatic heterocycles. The average molecular weight is 458 g/mol. The zero-order valence-electron chi connectivity index (χ0n) is 17.6. The molecule has 1 N–H and O–H groups in total. The minimum atomic E-state index is -0.331. The molecule has 2 heterocycles. The van der Waals surface area contributed by atoms with E-state index in [1.54, 1.807) is 24.5 Å². The Hall–Kier alpha value is -3.57. The second kappa shape index (κ2) is 7.78. The maximum absolute atomic E-state index is 13.2. The number of piperidine rings is 1. The molecule has 8 heteroatoms. The minimum Gasteiger partial charge on any atom is -0.355 e. The number of carbonyl (C=O) groups excluding carboxylic acids is 1. The fourth-order valence-corrected chi connectivity index (χ4v) is 6.41. The van der Waals surface area contributed by atoms with Crippen LogP contribution in [0.4, 0.5) is 15.8 Å². The molecule has 5 unspecified atom stereocenters. The number of nitrogens with zero attached hydrogens (tertiary/aromatic N) is 4. The van der Waals surface area contributed by atoms with Crippen LogP contribution in [0.25, 0.3) is 10.4 Å². The van der Waals surface area contributed by atoms with Crippen molar-refractivity contribution in [2.45, 2.75) is 12.5 Å². The molecule has 3 aromatic rings. The predicted octanol–water partition coefficient (Wildman–Crippen LogP) is 4.95. The summed E-state index contributed by atoms with van der Waals surface area (Å²) in [5.41, 5.74) is 2.53. The summed E-state index contributed by atoms with van der Waals surface area (Å²) in [5.74, 6) is 1.28. The maximum atomic E-state index is 13.2. The summed E-state index contributed by atoms with van der Waals surface area (Å²) >= 11 is 1.31. The van der Waals surface area contributed by atoms with E-state index in [2.05, 4.69) is 21.5 Å². The summed E-state index contributed by atoms with van der Waals surface area (Å²) in [4.78, 5) is 24.0. The number of benzene rings is 2. The zero-order chi connectivity index (χ0) is 22.5. The Morgan fingerprint density at radius 2 is 2.06 bits per heavy atom. The van der Waals surface area contributed by atoms with Gasteiger partial charge in [-0.05, 0) is 60.4 Å². The number of likely N-dealkylation sites (tertiary alicyclic amines) is 1. The van der Waals surface area contributed by atoms with Crippen molar-refractivity contribution in [1.29, 1.82) is 5.26 Å². The first-order chi connectivity index (χ1) is 16.1. The number of nitrogens with one attached hydrogen (secondary N) is 1. The first-order valence-corrected chi connectivity index (χ1v) is 11.8. The molecule has 2 saturated carbocycles. The lowest BCUT2D eigenvalue weighted by Crippen LogP contribution is -2.21. The molecule has 164 valence electrons. The SMILES string of the molecule is N#CN1CC2C(C=NC(=O)c3ncc(-c4ccccc4Nc4ccc(F)cc4)s3)CC3C2C31. The molecular weight excluding hydrogens is 437 g/mol. The highest BCUT2D eigenvalue weighted by Gasteiger charge is 2.68. The van der Waals surface area contributed by atoms with E-state index in [0.29, 0.717) is 28.8 Å². The number of hydrogen-bond acceptors (Lipinski definition) is 6.